The van der Waals surface area contributed by atoms with Gasteiger partial charge in [-0.3, -0.25) is 20.4 Å². The molecule has 1 fully saturated rings. The third kappa shape index (κ3) is 4.73. The van der Waals surface area contributed by atoms with E-state index in [2.05, 4.69) is 10.9 Å². The van der Waals surface area contributed by atoms with Crippen LogP contribution in [0.5, 0.6) is 0 Å². The summed E-state index contributed by atoms with van der Waals surface area (Å²) in [5.41, 5.74) is 5.89. The van der Waals surface area contributed by atoms with Crippen LogP contribution < -0.4 is 10.9 Å². The lowest BCUT2D eigenvalue weighted by atomic mass is 10.0. The minimum atomic E-state index is -0.189. The van der Waals surface area contributed by atoms with E-state index < -0.39 is 0 Å². The summed E-state index contributed by atoms with van der Waals surface area (Å²) in [6.07, 6.45) is 5.50. The zero-order valence-electron chi connectivity index (χ0n) is 11.0. The summed E-state index contributed by atoms with van der Waals surface area (Å²) in [7, 11) is 0. The Kier molecular flexibility index (Phi) is 4.95. The number of hydrazine groups is 1. The number of carbonyl (C=O) groups is 2. The second-order valence-corrected chi connectivity index (χ2v) is 5.11. The van der Waals surface area contributed by atoms with Crippen LogP contribution in [0, 0.1) is 5.92 Å². The number of hydrogen-bond donors (Lipinski definition) is 2. The van der Waals surface area contributed by atoms with Crippen LogP contribution in [0.2, 0.25) is 0 Å². The number of carbonyl (C=O) groups excluding carboxylic acids is 2. The van der Waals surface area contributed by atoms with E-state index in [4.69, 9.17) is 0 Å². The molecule has 0 heterocycles. The maximum atomic E-state index is 11.6. The van der Waals surface area contributed by atoms with Crippen LogP contribution in [0.3, 0.4) is 0 Å². The molecule has 1 saturated carbocycles. The van der Waals surface area contributed by atoms with Gasteiger partial charge in [-0.15, -0.1) is 0 Å². The van der Waals surface area contributed by atoms with Gasteiger partial charge in [0, 0.05) is 6.42 Å². The Bertz CT molecular complexity index is 425. The molecular weight excluding hydrogens is 240 g/mol. The van der Waals surface area contributed by atoms with Crippen LogP contribution >= 0.6 is 0 Å². The Morgan fingerprint density at radius 1 is 1.00 bits per heavy atom. The van der Waals surface area contributed by atoms with E-state index in [0.29, 0.717) is 12.3 Å². The predicted molar refractivity (Wildman–Crippen MR) is 73.0 cm³/mol. The second kappa shape index (κ2) is 6.92. The van der Waals surface area contributed by atoms with Crippen molar-refractivity contribution in [2.75, 3.05) is 0 Å². The highest BCUT2D eigenvalue weighted by Gasteiger charge is 2.18. The van der Waals surface area contributed by atoms with Gasteiger partial charge in [-0.25, -0.2) is 0 Å². The summed E-state index contributed by atoms with van der Waals surface area (Å²) in [6, 6.07) is 9.47. The number of benzene rings is 1. The summed E-state index contributed by atoms with van der Waals surface area (Å²) in [5.74, 6) is 0.213. The average molecular weight is 260 g/mol. The Morgan fingerprint density at radius 3 is 2.32 bits per heavy atom. The Balaban J connectivity index is 1.67. The van der Waals surface area contributed by atoms with Crippen molar-refractivity contribution >= 4 is 11.8 Å². The van der Waals surface area contributed by atoms with Crippen molar-refractivity contribution in [1.82, 2.24) is 10.9 Å². The van der Waals surface area contributed by atoms with E-state index in [1.165, 1.54) is 12.8 Å². The van der Waals surface area contributed by atoms with Gasteiger partial charge < -0.3 is 0 Å². The molecule has 102 valence electrons. The molecule has 1 aliphatic rings. The molecule has 0 aromatic heterocycles. The summed E-state index contributed by atoms with van der Waals surface area (Å²) in [5, 5.41) is 0. The zero-order chi connectivity index (χ0) is 13.5. The molecule has 1 aromatic carbocycles. The zero-order valence-corrected chi connectivity index (χ0v) is 11.0. The first kappa shape index (κ1) is 13.6. The fourth-order valence-corrected chi connectivity index (χ4v) is 2.49. The minimum absolute atomic E-state index is 0.0895. The quantitative estimate of drug-likeness (QED) is 0.813. The van der Waals surface area contributed by atoms with Gasteiger partial charge >= 0.3 is 0 Å². The number of amides is 2. The number of rotatable bonds is 4. The van der Waals surface area contributed by atoms with E-state index in [0.717, 1.165) is 18.4 Å². The highest BCUT2D eigenvalue weighted by atomic mass is 16.2. The molecule has 1 aromatic rings. The molecule has 0 atom stereocenters. The van der Waals surface area contributed by atoms with Crippen molar-refractivity contribution in [3.05, 3.63) is 35.9 Å². The number of nitrogens with one attached hydrogen (secondary N) is 2. The molecule has 0 unspecified atom stereocenters. The number of hydrogen-bond acceptors (Lipinski definition) is 2. The van der Waals surface area contributed by atoms with Crippen LogP contribution in [0.1, 0.15) is 37.7 Å². The third-order valence-corrected chi connectivity index (χ3v) is 3.50. The molecule has 4 heteroatoms. The fourth-order valence-electron chi connectivity index (χ4n) is 2.49. The molecule has 2 amide bonds. The van der Waals surface area contributed by atoms with Crippen LogP contribution in [0.15, 0.2) is 30.3 Å². The van der Waals surface area contributed by atoms with Gasteiger partial charge in [0.05, 0.1) is 6.42 Å². The highest BCUT2D eigenvalue weighted by molar-refractivity contribution is 5.83. The SMILES string of the molecule is O=C(Cc1ccccc1)NNC(=O)CC1CCCC1. The van der Waals surface area contributed by atoms with Crippen molar-refractivity contribution < 1.29 is 9.59 Å². The van der Waals surface area contributed by atoms with Gasteiger partial charge in [0.2, 0.25) is 11.8 Å². The van der Waals surface area contributed by atoms with Gasteiger partial charge in [0.15, 0.2) is 0 Å². The first-order valence-electron chi connectivity index (χ1n) is 6.85. The lowest BCUT2D eigenvalue weighted by Crippen LogP contribution is -2.42. The van der Waals surface area contributed by atoms with Gasteiger partial charge in [-0.2, -0.15) is 0 Å². The molecule has 2 rings (SSSR count). The first-order valence-corrected chi connectivity index (χ1v) is 6.85. The largest absolute Gasteiger partial charge is 0.273 e. The van der Waals surface area contributed by atoms with Crippen molar-refractivity contribution in [1.29, 1.82) is 0 Å². The van der Waals surface area contributed by atoms with Gasteiger partial charge in [0.1, 0.15) is 0 Å². The lowest BCUT2D eigenvalue weighted by Gasteiger charge is -2.10. The maximum Gasteiger partial charge on any atom is 0.242 e. The van der Waals surface area contributed by atoms with E-state index in [1.54, 1.807) is 0 Å². The average Bonchev–Trinajstić information content (AvgIpc) is 2.90. The summed E-state index contributed by atoms with van der Waals surface area (Å²) < 4.78 is 0. The van der Waals surface area contributed by atoms with Crippen molar-refractivity contribution in [3.63, 3.8) is 0 Å². The minimum Gasteiger partial charge on any atom is -0.273 e. The maximum absolute atomic E-state index is 11.6. The predicted octanol–water partition coefficient (Wildman–Crippen LogP) is 1.96. The van der Waals surface area contributed by atoms with Crippen LogP contribution in [-0.2, 0) is 16.0 Å². The summed E-state index contributed by atoms with van der Waals surface area (Å²) >= 11 is 0. The molecular formula is C15H20N2O2. The highest BCUT2D eigenvalue weighted by Crippen LogP contribution is 2.27. The van der Waals surface area contributed by atoms with E-state index in [1.807, 2.05) is 30.3 Å². The standard InChI is InChI=1S/C15H20N2O2/c18-14(10-12-6-2-1-3-7-12)16-17-15(19)11-13-8-4-5-9-13/h1-3,6-7,13H,4-5,8-11H2,(H,16,18)(H,17,19). The van der Waals surface area contributed by atoms with E-state index in [9.17, 15) is 9.59 Å². The second-order valence-electron chi connectivity index (χ2n) is 5.11. The van der Waals surface area contributed by atoms with Crippen molar-refractivity contribution in [3.8, 4) is 0 Å². The molecule has 2 N–H and O–H groups in total. The Hall–Kier alpha value is -1.84. The lowest BCUT2D eigenvalue weighted by molar-refractivity contribution is -0.129. The molecule has 0 bridgehead atoms. The molecule has 19 heavy (non-hydrogen) atoms. The molecule has 0 aliphatic heterocycles. The van der Waals surface area contributed by atoms with Crippen molar-refractivity contribution in [2.24, 2.45) is 5.92 Å². The fraction of sp³-hybridized carbons (Fsp3) is 0.467. The molecule has 0 saturated heterocycles. The Labute approximate surface area is 113 Å². The van der Waals surface area contributed by atoms with E-state index >= 15 is 0 Å². The molecule has 0 spiro atoms. The molecule has 0 radical (unpaired) electrons. The first-order chi connectivity index (χ1) is 9.24. The summed E-state index contributed by atoms with van der Waals surface area (Å²) in [6.45, 7) is 0. The normalized spacial score (nSPS) is 15.2. The molecule has 1 aliphatic carbocycles. The van der Waals surface area contributed by atoms with Gasteiger partial charge in [0.25, 0.3) is 0 Å². The van der Waals surface area contributed by atoms with Crippen LogP contribution in [-0.4, -0.2) is 11.8 Å². The van der Waals surface area contributed by atoms with Gasteiger partial charge in [-0.1, -0.05) is 43.2 Å². The van der Waals surface area contributed by atoms with E-state index in [-0.39, 0.29) is 18.2 Å². The van der Waals surface area contributed by atoms with Crippen LogP contribution in [0.25, 0.3) is 0 Å². The van der Waals surface area contributed by atoms with Gasteiger partial charge in [-0.05, 0) is 24.3 Å². The van der Waals surface area contributed by atoms with Crippen molar-refractivity contribution in [2.45, 2.75) is 38.5 Å². The third-order valence-electron chi connectivity index (χ3n) is 3.50. The molecule has 4 nitrogen and oxygen atoms in total. The topological polar surface area (TPSA) is 58.2 Å². The smallest absolute Gasteiger partial charge is 0.242 e. The monoisotopic (exact) mass is 260 g/mol. The van der Waals surface area contributed by atoms with Crippen LogP contribution in [0.4, 0.5) is 0 Å². The summed E-state index contributed by atoms with van der Waals surface area (Å²) in [4.78, 5) is 23.3. The Morgan fingerprint density at radius 2 is 1.63 bits per heavy atom.